The van der Waals surface area contributed by atoms with Crippen molar-refractivity contribution in [2.45, 2.75) is 51.7 Å². The Hall–Kier alpha value is -2.81. The Kier molecular flexibility index (Phi) is 6.85. The Labute approximate surface area is 166 Å². The van der Waals surface area contributed by atoms with Crippen molar-refractivity contribution in [3.8, 4) is 0 Å². The zero-order valence-corrected chi connectivity index (χ0v) is 17.0. The van der Waals surface area contributed by atoms with Crippen LogP contribution in [0, 0.1) is 6.57 Å². The van der Waals surface area contributed by atoms with Gasteiger partial charge in [0.05, 0.1) is 6.61 Å². The fourth-order valence-electron chi connectivity index (χ4n) is 3.24. The highest BCUT2D eigenvalue weighted by Crippen LogP contribution is 2.39. The van der Waals surface area contributed by atoms with Crippen molar-refractivity contribution in [1.29, 1.82) is 0 Å². The van der Waals surface area contributed by atoms with Crippen LogP contribution in [0.15, 0.2) is 30.3 Å². The third-order valence-corrected chi connectivity index (χ3v) is 4.60. The van der Waals surface area contributed by atoms with Crippen molar-refractivity contribution in [2.24, 2.45) is 0 Å². The predicted octanol–water partition coefficient (Wildman–Crippen LogP) is 4.41. The van der Waals surface area contributed by atoms with Crippen LogP contribution in [-0.2, 0) is 19.8 Å². The fraction of sp³-hybridized carbons (Fsp3) is 0.500. The van der Waals surface area contributed by atoms with Crippen molar-refractivity contribution in [2.75, 3.05) is 19.7 Å². The SMILES string of the molecule is [C-]#[N+]C1(c2ccccc2/C=C/C(=O)OCC)CCN(C(=O)OC(C)(C)C)CC1. The minimum absolute atomic E-state index is 0.317. The molecular weight excluding hydrogens is 356 g/mol. The molecule has 28 heavy (non-hydrogen) atoms. The van der Waals surface area contributed by atoms with Crippen LogP contribution in [-0.4, -0.2) is 42.3 Å². The number of likely N-dealkylation sites (tertiary alicyclic amines) is 1. The van der Waals surface area contributed by atoms with Gasteiger partial charge in [-0.05, 0) is 39.3 Å². The van der Waals surface area contributed by atoms with Gasteiger partial charge in [-0.2, -0.15) is 0 Å². The van der Waals surface area contributed by atoms with Gasteiger partial charge in [0, 0.05) is 37.6 Å². The first kappa shape index (κ1) is 21.5. The van der Waals surface area contributed by atoms with E-state index in [2.05, 4.69) is 4.85 Å². The lowest BCUT2D eigenvalue weighted by molar-refractivity contribution is -0.137. The number of piperidine rings is 1. The number of hydrogen-bond acceptors (Lipinski definition) is 4. The summed E-state index contributed by atoms with van der Waals surface area (Å²) in [6.07, 6.45) is 3.76. The van der Waals surface area contributed by atoms with Crippen LogP contribution in [0.2, 0.25) is 0 Å². The third-order valence-electron chi connectivity index (χ3n) is 4.60. The number of carbonyl (C=O) groups excluding carboxylic acids is 2. The average molecular weight is 384 g/mol. The second-order valence-electron chi connectivity index (χ2n) is 7.78. The molecule has 2 rings (SSSR count). The van der Waals surface area contributed by atoms with E-state index < -0.39 is 17.1 Å². The van der Waals surface area contributed by atoms with Crippen molar-refractivity contribution in [3.05, 3.63) is 52.9 Å². The highest BCUT2D eigenvalue weighted by molar-refractivity contribution is 5.87. The lowest BCUT2D eigenvalue weighted by atomic mass is 9.79. The Morgan fingerprint density at radius 2 is 1.89 bits per heavy atom. The Bertz CT molecular complexity index is 778. The number of hydrogen-bond donors (Lipinski definition) is 0. The predicted molar refractivity (Wildman–Crippen MR) is 107 cm³/mol. The molecule has 1 amide bonds. The molecule has 0 bridgehead atoms. The van der Waals surface area contributed by atoms with E-state index in [1.165, 1.54) is 6.08 Å². The van der Waals surface area contributed by atoms with Crippen LogP contribution in [0.4, 0.5) is 4.79 Å². The number of ether oxygens (including phenoxy) is 2. The molecule has 150 valence electrons. The molecule has 0 atom stereocenters. The first-order valence-electron chi connectivity index (χ1n) is 9.51. The van der Waals surface area contributed by atoms with Gasteiger partial charge in [-0.3, -0.25) is 0 Å². The number of esters is 1. The van der Waals surface area contributed by atoms with Crippen molar-refractivity contribution >= 4 is 18.1 Å². The molecule has 1 saturated heterocycles. The summed E-state index contributed by atoms with van der Waals surface area (Å²) in [6, 6.07) is 7.58. The summed E-state index contributed by atoms with van der Waals surface area (Å²) < 4.78 is 10.4. The third kappa shape index (κ3) is 5.35. The Balaban J connectivity index is 2.20. The second kappa shape index (κ2) is 8.92. The fourth-order valence-corrected chi connectivity index (χ4v) is 3.24. The van der Waals surface area contributed by atoms with E-state index in [0.29, 0.717) is 32.5 Å². The minimum atomic E-state index is -0.728. The van der Waals surface area contributed by atoms with E-state index in [1.54, 1.807) is 17.9 Å². The summed E-state index contributed by atoms with van der Waals surface area (Å²) in [5.41, 5.74) is 0.413. The molecule has 1 heterocycles. The Morgan fingerprint density at radius 3 is 2.46 bits per heavy atom. The van der Waals surface area contributed by atoms with Gasteiger partial charge >= 0.3 is 12.1 Å². The molecule has 6 heteroatoms. The van der Waals surface area contributed by atoms with E-state index in [4.69, 9.17) is 16.0 Å². The van der Waals surface area contributed by atoms with Crippen molar-refractivity contribution in [1.82, 2.24) is 4.90 Å². The maximum absolute atomic E-state index is 12.3. The number of carbonyl (C=O) groups is 2. The molecule has 0 unspecified atom stereocenters. The summed E-state index contributed by atoms with van der Waals surface area (Å²) in [4.78, 5) is 29.6. The molecule has 1 aromatic rings. The molecule has 0 saturated carbocycles. The molecule has 6 nitrogen and oxygen atoms in total. The molecular formula is C22H28N2O4. The van der Waals surface area contributed by atoms with Gasteiger partial charge in [-0.25, -0.2) is 16.2 Å². The number of nitrogens with zero attached hydrogens (tertiary/aromatic N) is 2. The van der Waals surface area contributed by atoms with E-state index in [-0.39, 0.29) is 6.09 Å². The number of rotatable bonds is 4. The number of benzene rings is 1. The first-order chi connectivity index (χ1) is 13.2. The average Bonchev–Trinajstić information content (AvgIpc) is 2.65. The monoisotopic (exact) mass is 384 g/mol. The van der Waals surface area contributed by atoms with Crippen molar-refractivity contribution < 1.29 is 19.1 Å². The highest BCUT2D eigenvalue weighted by atomic mass is 16.6. The zero-order valence-electron chi connectivity index (χ0n) is 17.0. The molecule has 1 aromatic carbocycles. The van der Waals surface area contributed by atoms with Crippen LogP contribution in [0.25, 0.3) is 10.9 Å². The molecule has 0 radical (unpaired) electrons. The lowest BCUT2D eigenvalue weighted by Crippen LogP contribution is -2.46. The van der Waals surface area contributed by atoms with Gasteiger partial charge in [-0.15, -0.1) is 0 Å². The topological polar surface area (TPSA) is 60.2 Å². The van der Waals surface area contributed by atoms with Gasteiger partial charge in [-0.1, -0.05) is 24.3 Å². The van der Waals surface area contributed by atoms with Gasteiger partial charge < -0.3 is 19.2 Å². The molecule has 0 aliphatic carbocycles. The summed E-state index contributed by atoms with van der Waals surface area (Å²) in [6.45, 7) is 16.3. The quantitative estimate of drug-likeness (QED) is 0.438. The van der Waals surface area contributed by atoms with Crippen LogP contribution in [0.5, 0.6) is 0 Å². The maximum Gasteiger partial charge on any atom is 0.410 e. The molecule has 1 aliphatic heterocycles. The maximum atomic E-state index is 12.3. The van der Waals surface area contributed by atoms with Crippen LogP contribution in [0.3, 0.4) is 0 Å². The minimum Gasteiger partial charge on any atom is -0.463 e. The van der Waals surface area contributed by atoms with E-state index >= 15 is 0 Å². The summed E-state index contributed by atoms with van der Waals surface area (Å²) in [7, 11) is 0. The van der Waals surface area contributed by atoms with E-state index in [0.717, 1.165) is 11.1 Å². The van der Waals surface area contributed by atoms with Crippen molar-refractivity contribution in [3.63, 3.8) is 0 Å². The standard InChI is InChI=1S/C22H28N2O4/c1-6-27-19(25)12-11-17-9-7-8-10-18(17)22(23-5)13-15-24(16-14-22)20(26)28-21(2,3)4/h7-12H,6,13-16H2,1-4H3/b12-11+. The summed E-state index contributed by atoms with van der Waals surface area (Å²) >= 11 is 0. The molecule has 0 aromatic heterocycles. The lowest BCUT2D eigenvalue weighted by Gasteiger charge is -2.35. The van der Waals surface area contributed by atoms with Gasteiger partial charge in [0.1, 0.15) is 5.60 Å². The Morgan fingerprint density at radius 1 is 1.25 bits per heavy atom. The highest BCUT2D eigenvalue weighted by Gasteiger charge is 2.45. The molecule has 0 N–H and O–H groups in total. The molecule has 0 spiro atoms. The smallest absolute Gasteiger partial charge is 0.410 e. The molecule has 1 aliphatic rings. The largest absolute Gasteiger partial charge is 0.463 e. The normalized spacial score (nSPS) is 16.5. The van der Waals surface area contributed by atoms with Gasteiger partial charge in [0.25, 0.3) is 5.54 Å². The number of amides is 1. The first-order valence-corrected chi connectivity index (χ1v) is 9.51. The summed E-state index contributed by atoms with van der Waals surface area (Å²) in [5.74, 6) is -0.408. The molecule has 1 fully saturated rings. The second-order valence-corrected chi connectivity index (χ2v) is 7.78. The van der Waals surface area contributed by atoms with Gasteiger partial charge in [0.2, 0.25) is 0 Å². The van der Waals surface area contributed by atoms with Gasteiger partial charge in [0.15, 0.2) is 0 Å². The van der Waals surface area contributed by atoms with Crippen LogP contribution >= 0.6 is 0 Å². The van der Waals surface area contributed by atoms with E-state index in [1.807, 2.05) is 45.0 Å². The van der Waals surface area contributed by atoms with Crippen LogP contribution in [0.1, 0.15) is 51.7 Å². The van der Waals surface area contributed by atoms with Crippen LogP contribution < -0.4 is 0 Å². The van der Waals surface area contributed by atoms with E-state index in [9.17, 15) is 9.59 Å². The zero-order chi connectivity index (χ0) is 20.8. The summed E-state index contributed by atoms with van der Waals surface area (Å²) in [5, 5.41) is 0.